The minimum Gasteiger partial charge on any atom is -0.394 e. The summed E-state index contributed by atoms with van der Waals surface area (Å²) < 4.78 is 53.9. The lowest BCUT2D eigenvalue weighted by molar-refractivity contribution is 0.142. The average molecular weight is 305 g/mol. The number of aliphatic hydroxyl groups excluding tert-OH is 1. The van der Waals surface area contributed by atoms with Gasteiger partial charge in [0.05, 0.1) is 12.1 Å². The Morgan fingerprint density at radius 2 is 1.70 bits per heavy atom. The van der Waals surface area contributed by atoms with Crippen LogP contribution in [-0.2, 0) is 10.0 Å². The molecule has 1 aromatic carbocycles. The molecular formula is C13H17F2NO3S. The van der Waals surface area contributed by atoms with Crippen molar-refractivity contribution in [3.63, 3.8) is 0 Å². The summed E-state index contributed by atoms with van der Waals surface area (Å²) in [4.78, 5) is -0.988. The van der Waals surface area contributed by atoms with E-state index < -0.39 is 32.1 Å². The summed E-state index contributed by atoms with van der Waals surface area (Å²) in [6.07, 6.45) is 3.40. The third-order valence-corrected chi connectivity index (χ3v) is 5.28. The number of aliphatic hydroxyl groups is 1. The van der Waals surface area contributed by atoms with E-state index >= 15 is 0 Å². The van der Waals surface area contributed by atoms with Gasteiger partial charge >= 0.3 is 0 Å². The van der Waals surface area contributed by atoms with Gasteiger partial charge < -0.3 is 5.11 Å². The van der Waals surface area contributed by atoms with Crippen LogP contribution in [0.2, 0.25) is 0 Å². The molecule has 1 aromatic rings. The lowest BCUT2D eigenvalue weighted by Gasteiger charge is -2.36. The van der Waals surface area contributed by atoms with E-state index in [1.54, 1.807) is 0 Å². The Balaban J connectivity index is 2.35. The summed E-state index contributed by atoms with van der Waals surface area (Å²) in [6.45, 7) is -0.387. The Hall–Kier alpha value is -1.05. The van der Waals surface area contributed by atoms with Crippen molar-refractivity contribution in [2.75, 3.05) is 6.61 Å². The van der Waals surface area contributed by atoms with E-state index in [1.807, 2.05) is 0 Å². The second-order valence-electron chi connectivity index (χ2n) is 5.16. The van der Waals surface area contributed by atoms with Crippen molar-refractivity contribution in [3.8, 4) is 0 Å². The first-order valence-electron chi connectivity index (χ1n) is 6.49. The van der Waals surface area contributed by atoms with Crippen LogP contribution in [0.1, 0.15) is 32.1 Å². The van der Waals surface area contributed by atoms with Crippen LogP contribution in [0, 0.1) is 11.6 Å². The van der Waals surface area contributed by atoms with Gasteiger partial charge in [-0.2, -0.15) is 0 Å². The van der Waals surface area contributed by atoms with Gasteiger partial charge in [0.1, 0.15) is 11.6 Å². The highest BCUT2D eigenvalue weighted by Crippen LogP contribution is 2.30. The van der Waals surface area contributed by atoms with Gasteiger partial charge in [0.2, 0.25) is 10.0 Å². The summed E-state index contributed by atoms with van der Waals surface area (Å²) in [6, 6.07) is 2.89. The maximum absolute atomic E-state index is 13.6. The van der Waals surface area contributed by atoms with Crippen LogP contribution < -0.4 is 4.72 Å². The summed E-state index contributed by atoms with van der Waals surface area (Å²) in [7, 11) is -4.35. The zero-order chi connectivity index (χ0) is 14.8. The molecule has 0 heterocycles. The van der Waals surface area contributed by atoms with E-state index in [4.69, 9.17) is 0 Å². The first kappa shape index (κ1) is 15.3. The number of halogens is 2. The SMILES string of the molecule is O=S(=O)(NC1(CO)CCCCC1)c1c(F)cccc1F. The van der Waals surface area contributed by atoms with Gasteiger partial charge in [0, 0.05) is 0 Å². The lowest BCUT2D eigenvalue weighted by Crippen LogP contribution is -2.52. The number of benzene rings is 1. The van der Waals surface area contributed by atoms with Crippen LogP contribution in [0.15, 0.2) is 23.1 Å². The van der Waals surface area contributed by atoms with Gasteiger partial charge in [-0.05, 0) is 25.0 Å². The smallest absolute Gasteiger partial charge is 0.247 e. The fraction of sp³-hybridized carbons (Fsp3) is 0.538. The number of nitrogens with one attached hydrogen (secondary N) is 1. The van der Waals surface area contributed by atoms with E-state index in [2.05, 4.69) is 4.72 Å². The Bertz CT molecular complexity index is 563. The minimum atomic E-state index is -4.35. The molecule has 112 valence electrons. The highest BCUT2D eigenvalue weighted by atomic mass is 32.2. The van der Waals surface area contributed by atoms with E-state index in [-0.39, 0.29) is 6.61 Å². The van der Waals surface area contributed by atoms with Crippen LogP contribution in [0.4, 0.5) is 8.78 Å². The summed E-state index contributed by atoms with van der Waals surface area (Å²) in [5.41, 5.74) is -1.02. The van der Waals surface area contributed by atoms with Gasteiger partial charge in [-0.25, -0.2) is 21.9 Å². The molecule has 2 rings (SSSR count). The fourth-order valence-corrected chi connectivity index (χ4v) is 4.19. The van der Waals surface area contributed by atoms with E-state index in [0.29, 0.717) is 12.8 Å². The van der Waals surface area contributed by atoms with E-state index in [0.717, 1.165) is 37.5 Å². The summed E-state index contributed by atoms with van der Waals surface area (Å²) in [5.74, 6) is -2.28. The topological polar surface area (TPSA) is 66.4 Å². The lowest BCUT2D eigenvalue weighted by atomic mass is 9.83. The molecule has 0 unspecified atom stereocenters. The molecule has 0 amide bonds. The van der Waals surface area contributed by atoms with Crippen molar-refractivity contribution >= 4 is 10.0 Å². The largest absolute Gasteiger partial charge is 0.394 e. The van der Waals surface area contributed by atoms with E-state index in [9.17, 15) is 22.3 Å². The molecule has 7 heteroatoms. The quantitative estimate of drug-likeness (QED) is 0.893. The molecule has 0 radical (unpaired) electrons. The predicted molar refractivity (Wildman–Crippen MR) is 69.6 cm³/mol. The van der Waals surface area contributed by atoms with Gasteiger partial charge in [-0.15, -0.1) is 0 Å². The molecule has 1 saturated carbocycles. The first-order chi connectivity index (χ1) is 9.40. The van der Waals surface area contributed by atoms with Crippen molar-refractivity contribution in [1.29, 1.82) is 0 Å². The molecule has 4 nitrogen and oxygen atoms in total. The van der Waals surface area contributed by atoms with E-state index in [1.165, 1.54) is 0 Å². The van der Waals surface area contributed by atoms with Crippen molar-refractivity contribution in [2.24, 2.45) is 0 Å². The molecule has 0 spiro atoms. The van der Waals surface area contributed by atoms with Gasteiger partial charge in [0.25, 0.3) is 0 Å². The molecule has 20 heavy (non-hydrogen) atoms. The third-order valence-electron chi connectivity index (χ3n) is 3.65. The second-order valence-corrected chi connectivity index (χ2v) is 6.77. The third kappa shape index (κ3) is 2.99. The van der Waals surface area contributed by atoms with Crippen LogP contribution in [0.3, 0.4) is 0 Å². The zero-order valence-corrected chi connectivity index (χ0v) is 11.7. The minimum absolute atomic E-state index is 0.387. The monoisotopic (exact) mass is 305 g/mol. The average Bonchev–Trinajstić information content (AvgIpc) is 2.38. The molecule has 2 N–H and O–H groups in total. The maximum Gasteiger partial charge on any atom is 0.247 e. The second kappa shape index (κ2) is 5.75. The van der Waals surface area contributed by atoms with Gasteiger partial charge in [0.15, 0.2) is 4.90 Å². The molecule has 1 aliphatic carbocycles. The summed E-state index contributed by atoms with van der Waals surface area (Å²) >= 11 is 0. The van der Waals surface area contributed by atoms with Crippen molar-refractivity contribution in [2.45, 2.75) is 42.5 Å². The molecule has 0 atom stereocenters. The van der Waals surface area contributed by atoms with Gasteiger partial charge in [-0.1, -0.05) is 25.3 Å². The summed E-state index contributed by atoms with van der Waals surface area (Å²) in [5, 5.41) is 9.48. The van der Waals surface area contributed by atoms with Crippen LogP contribution >= 0.6 is 0 Å². The fourth-order valence-electron chi connectivity index (χ4n) is 2.60. The highest BCUT2D eigenvalue weighted by molar-refractivity contribution is 7.89. The standard InChI is InChI=1S/C13H17F2NO3S/c14-10-5-4-6-11(15)12(10)20(18,19)16-13(9-17)7-2-1-3-8-13/h4-6,16-17H,1-3,7-9H2. The maximum atomic E-state index is 13.6. The van der Waals surface area contributed by atoms with Crippen LogP contribution in [0.25, 0.3) is 0 Å². The number of sulfonamides is 1. The van der Waals surface area contributed by atoms with Crippen molar-refractivity contribution < 1.29 is 22.3 Å². The molecular weight excluding hydrogens is 288 g/mol. The zero-order valence-electron chi connectivity index (χ0n) is 10.9. The van der Waals surface area contributed by atoms with Crippen molar-refractivity contribution in [1.82, 2.24) is 4.72 Å². The van der Waals surface area contributed by atoms with Crippen LogP contribution in [-0.4, -0.2) is 25.7 Å². The Kier molecular flexibility index (Phi) is 4.41. The molecule has 0 aromatic heterocycles. The number of hydrogen-bond donors (Lipinski definition) is 2. The first-order valence-corrected chi connectivity index (χ1v) is 7.97. The van der Waals surface area contributed by atoms with Crippen molar-refractivity contribution in [3.05, 3.63) is 29.8 Å². The predicted octanol–water partition coefficient (Wildman–Crippen LogP) is 1.94. The molecule has 1 fully saturated rings. The Labute approximate surface area is 116 Å². The Morgan fingerprint density at radius 1 is 1.15 bits per heavy atom. The van der Waals surface area contributed by atoms with Gasteiger partial charge in [-0.3, -0.25) is 0 Å². The number of hydrogen-bond acceptors (Lipinski definition) is 3. The highest BCUT2D eigenvalue weighted by Gasteiger charge is 2.37. The molecule has 0 saturated heterocycles. The molecule has 1 aliphatic rings. The number of rotatable bonds is 4. The molecule has 0 bridgehead atoms. The molecule has 0 aliphatic heterocycles. The van der Waals surface area contributed by atoms with Crippen LogP contribution in [0.5, 0.6) is 0 Å². The normalized spacial score (nSPS) is 18.9. The Morgan fingerprint density at radius 3 is 2.20 bits per heavy atom.